The first-order valence-electron chi connectivity index (χ1n) is 10.1. The Morgan fingerprint density at radius 1 is 0.966 bits per heavy atom. The van der Waals surface area contributed by atoms with Crippen LogP contribution in [0.3, 0.4) is 0 Å². The molecule has 1 heterocycles. The molecule has 0 spiro atoms. The first-order valence-corrected chi connectivity index (χ1v) is 10.1. The van der Waals surface area contributed by atoms with Gasteiger partial charge in [0.05, 0.1) is 17.5 Å². The van der Waals surface area contributed by atoms with Crippen LogP contribution in [0.4, 0.5) is 8.78 Å². The predicted molar refractivity (Wildman–Crippen MR) is 105 cm³/mol. The van der Waals surface area contributed by atoms with Crippen molar-refractivity contribution in [3.05, 3.63) is 71.3 Å². The summed E-state index contributed by atoms with van der Waals surface area (Å²) in [5.41, 5.74) is 0.904. The molecule has 1 aliphatic heterocycles. The molecule has 2 aromatic rings. The van der Waals surface area contributed by atoms with Crippen LogP contribution in [0.25, 0.3) is 0 Å². The smallest absolute Gasteiger partial charge is 0.230 e. The summed E-state index contributed by atoms with van der Waals surface area (Å²) < 4.78 is 26.7. The minimum absolute atomic E-state index is 0.0843. The van der Waals surface area contributed by atoms with Gasteiger partial charge < -0.3 is 10.6 Å². The summed E-state index contributed by atoms with van der Waals surface area (Å²) in [5.74, 6) is -0.847. The van der Waals surface area contributed by atoms with Gasteiger partial charge in [-0.1, -0.05) is 37.1 Å². The molecule has 29 heavy (non-hydrogen) atoms. The lowest BCUT2D eigenvalue weighted by Crippen LogP contribution is -2.54. The Morgan fingerprint density at radius 3 is 2.17 bits per heavy atom. The summed E-state index contributed by atoms with van der Waals surface area (Å²) in [5, 5.41) is 6.09. The number of benzene rings is 2. The van der Waals surface area contributed by atoms with E-state index in [2.05, 4.69) is 10.6 Å². The van der Waals surface area contributed by atoms with Gasteiger partial charge in [0.15, 0.2) is 0 Å². The second-order valence-electron chi connectivity index (χ2n) is 8.01. The van der Waals surface area contributed by atoms with Crippen molar-refractivity contribution < 1.29 is 18.4 Å². The maximum Gasteiger partial charge on any atom is 0.230 e. The molecule has 6 heteroatoms. The van der Waals surface area contributed by atoms with Crippen molar-refractivity contribution in [2.75, 3.05) is 0 Å². The highest BCUT2D eigenvalue weighted by Crippen LogP contribution is 2.42. The van der Waals surface area contributed by atoms with E-state index in [1.54, 1.807) is 24.3 Å². The van der Waals surface area contributed by atoms with Crippen LogP contribution in [0.1, 0.15) is 55.7 Å². The SMILES string of the molecule is O=C1CCC(NC(=O)C2(c3ccc(F)cc3)CCCC2)C(c2ccc(F)cc2)N1. The number of rotatable bonds is 4. The van der Waals surface area contributed by atoms with E-state index in [1.165, 1.54) is 24.3 Å². The van der Waals surface area contributed by atoms with Crippen molar-refractivity contribution in [2.24, 2.45) is 0 Å². The summed E-state index contributed by atoms with van der Waals surface area (Å²) in [7, 11) is 0. The lowest BCUT2D eigenvalue weighted by molar-refractivity contribution is -0.130. The lowest BCUT2D eigenvalue weighted by Gasteiger charge is -2.37. The normalized spacial score (nSPS) is 23.4. The molecule has 2 atom stereocenters. The molecule has 2 N–H and O–H groups in total. The van der Waals surface area contributed by atoms with Crippen LogP contribution in [-0.2, 0) is 15.0 Å². The first kappa shape index (κ1) is 19.6. The van der Waals surface area contributed by atoms with Crippen LogP contribution in [0, 0.1) is 11.6 Å². The molecular weight excluding hydrogens is 374 g/mol. The maximum atomic E-state index is 13.5. The molecule has 0 aromatic heterocycles. The fraction of sp³-hybridized carbons (Fsp3) is 0.391. The van der Waals surface area contributed by atoms with Crippen LogP contribution in [0.2, 0.25) is 0 Å². The third-order valence-corrected chi connectivity index (χ3v) is 6.24. The number of piperidine rings is 1. The zero-order valence-corrected chi connectivity index (χ0v) is 16.1. The van der Waals surface area contributed by atoms with E-state index in [-0.39, 0.29) is 29.5 Å². The van der Waals surface area contributed by atoms with Crippen molar-refractivity contribution in [1.82, 2.24) is 10.6 Å². The number of carbonyl (C=O) groups is 2. The molecule has 4 nitrogen and oxygen atoms in total. The summed E-state index contributed by atoms with van der Waals surface area (Å²) in [6, 6.07) is 11.5. The van der Waals surface area contributed by atoms with Gasteiger partial charge in [0.25, 0.3) is 0 Å². The van der Waals surface area contributed by atoms with Gasteiger partial charge in [-0.3, -0.25) is 9.59 Å². The lowest BCUT2D eigenvalue weighted by atomic mass is 9.77. The molecule has 1 saturated carbocycles. The average molecular weight is 398 g/mol. The van der Waals surface area contributed by atoms with E-state index in [0.717, 1.165) is 24.0 Å². The third kappa shape index (κ3) is 3.88. The number of amides is 2. The molecule has 1 aliphatic carbocycles. The summed E-state index contributed by atoms with van der Waals surface area (Å²) in [4.78, 5) is 25.4. The molecule has 152 valence electrons. The van der Waals surface area contributed by atoms with Crippen molar-refractivity contribution in [2.45, 2.75) is 56.0 Å². The highest BCUT2D eigenvalue weighted by atomic mass is 19.1. The standard InChI is InChI=1S/C23H24F2N2O2/c24-17-7-3-15(4-8-17)21-19(11-12-20(28)27-21)26-22(29)23(13-1-2-14-23)16-5-9-18(25)10-6-16/h3-10,19,21H,1-2,11-14H2,(H,26,29)(H,27,28). The van der Waals surface area contributed by atoms with Gasteiger partial charge in [0, 0.05) is 6.42 Å². The Hall–Kier alpha value is -2.76. The maximum absolute atomic E-state index is 13.5. The van der Waals surface area contributed by atoms with E-state index in [1.807, 2.05) is 0 Å². The first-order chi connectivity index (χ1) is 14.0. The van der Waals surface area contributed by atoms with E-state index in [4.69, 9.17) is 0 Å². The number of carbonyl (C=O) groups excluding carboxylic acids is 2. The van der Waals surface area contributed by atoms with Gasteiger partial charge in [-0.15, -0.1) is 0 Å². The summed E-state index contributed by atoms with van der Waals surface area (Å²) >= 11 is 0. The number of hydrogen-bond acceptors (Lipinski definition) is 2. The zero-order valence-electron chi connectivity index (χ0n) is 16.1. The van der Waals surface area contributed by atoms with Gasteiger partial charge in [-0.2, -0.15) is 0 Å². The molecule has 2 aliphatic rings. The highest BCUT2D eigenvalue weighted by molar-refractivity contribution is 5.89. The van der Waals surface area contributed by atoms with Crippen LogP contribution in [-0.4, -0.2) is 17.9 Å². The Balaban J connectivity index is 1.59. The largest absolute Gasteiger partial charge is 0.350 e. The fourth-order valence-electron chi connectivity index (χ4n) is 4.64. The minimum Gasteiger partial charge on any atom is -0.350 e. The quantitative estimate of drug-likeness (QED) is 0.820. The van der Waals surface area contributed by atoms with Crippen molar-refractivity contribution in [3.8, 4) is 0 Å². The van der Waals surface area contributed by atoms with Crippen LogP contribution < -0.4 is 10.6 Å². The zero-order chi connectivity index (χ0) is 20.4. The molecule has 2 amide bonds. The second kappa shape index (κ2) is 7.93. The minimum atomic E-state index is -0.678. The molecule has 1 saturated heterocycles. The van der Waals surface area contributed by atoms with E-state index in [9.17, 15) is 18.4 Å². The Kier molecular flexibility index (Phi) is 5.35. The van der Waals surface area contributed by atoms with Crippen molar-refractivity contribution >= 4 is 11.8 Å². The predicted octanol–water partition coefficient (Wildman–Crippen LogP) is 3.91. The van der Waals surface area contributed by atoms with E-state index < -0.39 is 11.5 Å². The van der Waals surface area contributed by atoms with Crippen LogP contribution in [0.15, 0.2) is 48.5 Å². The Morgan fingerprint density at radius 2 is 1.55 bits per heavy atom. The summed E-state index contributed by atoms with van der Waals surface area (Å²) in [6.07, 6.45) is 4.14. The number of hydrogen-bond donors (Lipinski definition) is 2. The average Bonchev–Trinajstić information content (AvgIpc) is 3.22. The number of nitrogens with one attached hydrogen (secondary N) is 2. The molecular formula is C23H24F2N2O2. The van der Waals surface area contributed by atoms with E-state index in [0.29, 0.717) is 25.7 Å². The van der Waals surface area contributed by atoms with Gasteiger partial charge in [-0.05, 0) is 54.7 Å². The topological polar surface area (TPSA) is 58.2 Å². The van der Waals surface area contributed by atoms with Gasteiger partial charge in [0.1, 0.15) is 11.6 Å². The molecule has 2 aromatic carbocycles. The van der Waals surface area contributed by atoms with Gasteiger partial charge >= 0.3 is 0 Å². The van der Waals surface area contributed by atoms with Crippen molar-refractivity contribution in [3.63, 3.8) is 0 Å². The Bertz CT molecular complexity index is 890. The van der Waals surface area contributed by atoms with Gasteiger partial charge in [-0.25, -0.2) is 8.78 Å². The molecule has 0 bridgehead atoms. The Labute approximate surface area is 168 Å². The second-order valence-corrected chi connectivity index (χ2v) is 8.01. The van der Waals surface area contributed by atoms with Crippen LogP contribution >= 0.6 is 0 Å². The molecule has 4 rings (SSSR count). The molecule has 2 fully saturated rings. The highest BCUT2D eigenvalue weighted by Gasteiger charge is 2.44. The monoisotopic (exact) mass is 398 g/mol. The fourth-order valence-corrected chi connectivity index (χ4v) is 4.64. The number of halogens is 2. The molecule has 0 radical (unpaired) electrons. The van der Waals surface area contributed by atoms with Crippen LogP contribution in [0.5, 0.6) is 0 Å². The van der Waals surface area contributed by atoms with Crippen molar-refractivity contribution in [1.29, 1.82) is 0 Å². The van der Waals surface area contributed by atoms with E-state index >= 15 is 0 Å². The molecule has 2 unspecified atom stereocenters. The third-order valence-electron chi connectivity index (χ3n) is 6.24. The van der Waals surface area contributed by atoms with Gasteiger partial charge in [0.2, 0.25) is 11.8 Å². The summed E-state index contributed by atoms with van der Waals surface area (Å²) in [6.45, 7) is 0.